The van der Waals surface area contributed by atoms with E-state index >= 15 is 0 Å². The third-order valence-corrected chi connectivity index (χ3v) is 4.39. The highest BCUT2D eigenvalue weighted by Crippen LogP contribution is 2.45. The van der Waals surface area contributed by atoms with Crippen molar-refractivity contribution in [1.82, 2.24) is 5.32 Å². The summed E-state index contributed by atoms with van der Waals surface area (Å²) in [4.78, 5) is 15.5. The minimum absolute atomic E-state index is 0.157. The van der Waals surface area contributed by atoms with E-state index in [9.17, 15) is 22.4 Å². The lowest BCUT2D eigenvalue weighted by Crippen LogP contribution is -2.46. The van der Waals surface area contributed by atoms with Gasteiger partial charge in [-0.2, -0.15) is 13.2 Å². The SMILES string of the molecule is C[C@H](N=C1NC(=O)[C@@](C)(C(F)(F)F)S1)c1ccccc1F. The predicted octanol–water partition coefficient (Wildman–Crippen LogP) is 3.43. The number of rotatable bonds is 2. The molecule has 0 radical (unpaired) electrons. The number of benzene rings is 1. The van der Waals surface area contributed by atoms with Crippen molar-refractivity contribution in [3.05, 3.63) is 35.6 Å². The molecule has 8 heteroatoms. The summed E-state index contributed by atoms with van der Waals surface area (Å²) in [6.07, 6.45) is -4.69. The van der Waals surface area contributed by atoms with Gasteiger partial charge in [0.05, 0.1) is 6.04 Å². The molecule has 1 heterocycles. The van der Waals surface area contributed by atoms with Gasteiger partial charge < -0.3 is 5.32 Å². The molecule has 1 aliphatic rings. The Balaban J connectivity index is 2.25. The van der Waals surface area contributed by atoms with E-state index in [4.69, 9.17) is 0 Å². The Labute approximate surface area is 122 Å². The van der Waals surface area contributed by atoms with Gasteiger partial charge in [0.2, 0.25) is 0 Å². The number of thioether (sulfide) groups is 1. The Morgan fingerprint density at radius 2 is 1.95 bits per heavy atom. The molecule has 0 saturated carbocycles. The number of hydrogen-bond donors (Lipinski definition) is 1. The Morgan fingerprint density at radius 3 is 2.48 bits per heavy atom. The van der Waals surface area contributed by atoms with Crippen LogP contribution in [0.4, 0.5) is 17.6 Å². The lowest BCUT2D eigenvalue weighted by atomic mass is 10.1. The van der Waals surface area contributed by atoms with Gasteiger partial charge >= 0.3 is 6.18 Å². The highest BCUT2D eigenvalue weighted by Gasteiger charge is 2.61. The molecule has 2 rings (SSSR count). The molecule has 1 aromatic carbocycles. The molecule has 21 heavy (non-hydrogen) atoms. The Hall–Kier alpha value is -1.57. The molecule has 0 spiro atoms. The molecule has 1 amide bonds. The predicted molar refractivity (Wildman–Crippen MR) is 72.4 cm³/mol. The number of carbonyl (C=O) groups is 1. The second kappa shape index (κ2) is 5.32. The first-order valence-electron chi connectivity index (χ1n) is 6.04. The van der Waals surface area contributed by atoms with Crippen LogP contribution >= 0.6 is 11.8 Å². The van der Waals surface area contributed by atoms with Crippen LogP contribution in [-0.2, 0) is 4.79 Å². The van der Waals surface area contributed by atoms with Crippen LogP contribution in [0.2, 0.25) is 0 Å². The number of alkyl halides is 3. The van der Waals surface area contributed by atoms with E-state index in [1.807, 2.05) is 0 Å². The van der Waals surface area contributed by atoms with Crippen molar-refractivity contribution in [1.29, 1.82) is 0 Å². The van der Waals surface area contributed by atoms with E-state index in [1.54, 1.807) is 13.0 Å². The van der Waals surface area contributed by atoms with Gasteiger partial charge in [-0.3, -0.25) is 9.79 Å². The third kappa shape index (κ3) is 2.90. The van der Waals surface area contributed by atoms with Crippen LogP contribution in [0.1, 0.15) is 25.5 Å². The fourth-order valence-corrected chi connectivity index (χ4v) is 2.79. The maximum Gasteiger partial charge on any atom is 0.412 e. The molecule has 0 aromatic heterocycles. The van der Waals surface area contributed by atoms with Gasteiger partial charge in [-0.25, -0.2) is 4.39 Å². The number of amides is 1. The summed E-state index contributed by atoms with van der Waals surface area (Å²) in [6.45, 7) is 2.34. The van der Waals surface area contributed by atoms with E-state index in [-0.39, 0.29) is 10.7 Å². The van der Waals surface area contributed by atoms with Crippen molar-refractivity contribution in [3.63, 3.8) is 0 Å². The van der Waals surface area contributed by atoms with Gasteiger partial charge in [0.1, 0.15) is 5.82 Å². The summed E-state index contributed by atoms with van der Waals surface area (Å²) in [5.74, 6) is -1.67. The number of carbonyl (C=O) groups excluding carboxylic acids is 1. The summed E-state index contributed by atoms with van der Waals surface area (Å²) in [6, 6.07) is 5.14. The summed E-state index contributed by atoms with van der Waals surface area (Å²) in [5.41, 5.74) is 0.250. The number of nitrogens with zero attached hydrogens (tertiary/aromatic N) is 1. The molecule has 0 unspecified atom stereocenters. The molecule has 1 aromatic rings. The van der Waals surface area contributed by atoms with Gasteiger partial charge in [0.15, 0.2) is 9.91 Å². The number of halogens is 4. The quantitative estimate of drug-likeness (QED) is 0.848. The minimum atomic E-state index is -4.69. The Bertz CT molecular complexity index is 602. The van der Waals surface area contributed by atoms with Gasteiger partial charge in [0.25, 0.3) is 5.91 Å². The second-order valence-electron chi connectivity index (χ2n) is 4.72. The molecule has 1 fully saturated rings. The van der Waals surface area contributed by atoms with Crippen molar-refractivity contribution < 1.29 is 22.4 Å². The average Bonchev–Trinajstić information content (AvgIpc) is 2.65. The highest BCUT2D eigenvalue weighted by molar-refractivity contribution is 8.16. The normalized spacial score (nSPS) is 26.0. The van der Waals surface area contributed by atoms with Crippen LogP contribution < -0.4 is 5.32 Å². The fourth-order valence-electron chi connectivity index (χ4n) is 1.79. The maximum absolute atomic E-state index is 13.6. The van der Waals surface area contributed by atoms with E-state index < -0.39 is 28.7 Å². The molecule has 0 aliphatic carbocycles. The third-order valence-electron chi connectivity index (χ3n) is 3.16. The van der Waals surface area contributed by atoms with Crippen LogP contribution in [0, 0.1) is 5.82 Å². The van der Waals surface area contributed by atoms with Crippen molar-refractivity contribution in [2.24, 2.45) is 4.99 Å². The molecule has 0 bridgehead atoms. The lowest BCUT2D eigenvalue weighted by Gasteiger charge is -2.21. The first-order chi connectivity index (χ1) is 9.65. The first kappa shape index (κ1) is 15.8. The van der Waals surface area contributed by atoms with Crippen LogP contribution in [0.5, 0.6) is 0 Å². The summed E-state index contributed by atoms with van der Waals surface area (Å²) in [7, 11) is 0. The van der Waals surface area contributed by atoms with Crippen molar-refractivity contribution in [2.45, 2.75) is 30.8 Å². The maximum atomic E-state index is 13.6. The zero-order valence-corrected chi connectivity index (χ0v) is 12.0. The average molecular weight is 320 g/mol. The molecule has 2 atom stereocenters. The van der Waals surface area contributed by atoms with Gasteiger partial charge in [-0.15, -0.1) is 0 Å². The monoisotopic (exact) mass is 320 g/mol. The summed E-state index contributed by atoms with van der Waals surface area (Å²) in [5, 5.41) is 1.95. The molecular weight excluding hydrogens is 308 g/mol. The second-order valence-corrected chi connectivity index (χ2v) is 6.13. The summed E-state index contributed by atoms with van der Waals surface area (Å²) < 4.78 is 49.7. The Morgan fingerprint density at radius 1 is 1.33 bits per heavy atom. The molecule has 114 valence electrons. The van der Waals surface area contributed by atoms with Crippen LogP contribution in [-0.4, -0.2) is 22.0 Å². The van der Waals surface area contributed by atoms with Crippen molar-refractivity contribution in [2.75, 3.05) is 0 Å². The molecule has 1 N–H and O–H groups in total. The van der Waals surface area contributed by atoms with Gasteiger partial charge in [-0.1, -0.05) is 30.0 Å². The van der Waals surface area contributed by atoms with E-state index in [1.165, 1.54) is 18.2 Å². The highest BCUT2D eigenvalue weighted by atomic mass is 32.2. The number of hydrogen-bond acceptors (Lipinski definition) is 3. The van der Waals surface area contributed by atoms with Crippen molar-refractivity contribution in [3.8, 4) is 0 Å². The summed E-state index contributed by atoms with van der Waals surface area (Å²) >= 11 is 0.299. The van der Waals surface area contributed by atoms with Crippen LogP contribution in [0.25, 0.3) is 0 Å². The van der Waals surface area contributed by atoms with E-state index in [0.717, 1.165) is 6.92 Å². The fraction of sp³-hybridized carbons (Fsp3) is 0.385. The Kier molecular flexibility index (Phi) is 4.01. The van der Waals surface area contributed by atoms with Gasteiger partial charge in [0, 0.05) is 5.56 Å². The van der Waals surface area contributed by atoms with Crippen molar-refractivity contribution >= 4 is 22.8 Å². The first-order valence-corrected chi connectivity index (χ1v) is 6.86. The van der Waals surface area contributed by atoms with Crippen LogP contribution in [0.3, 0.4) is 0 Å². The van der Waals surface area contributed by atoms with Crippen LogP contribution in [0.15, 0.2) is 29.3 Å². The van der Waals surface area contributed by atoms with Gasteiger partial charge in [-0.05, 0) is 19.9 Å². The van der Waals surface area contributed by atoms with E-state index in [0.29, 0.717) is 11.8 Å². The number of nitrogens with one attached hydrogen (secondary N) is 1. The molecule has 3 nitrogen and oxygen atoms in total. The number of amidine groups is 1. The smallest absolute Gasteiger partial charge is 0.304 e. The lowest BCUT2D eigenvalue weighted by molar-refractivity contribution is -0.166. The zero-order valence-electron chi connectivity index (χ0n) is 11.2. The molecule has 1 saturated heterocycles. The van der Waals surface area contributed by atoms with E-state index in [2.05, 4.69) is 10.3 Å². The minimum Gasteiger partial charge on any atom is -0.304 e. The molecular formula is C13H12F4N2OS. The topological polar surface area (TPSA) is 41.5 Å². The largest absolute Gasteiger partial charge is 0.412 e. The zero-order chi connectivity index (χ0) is 15.8. The number of aliphatic imine (C=N–C) groups is 1. The molecule has 1 aliphatic heterocycles. The standard InChI is InChI=1S/C13H12F4N2OS/c1-7(8-5-3-4-6-9(8)14)18-11-19-10(20)12(2,21-11)13(15,16)17/h3-7H,1-2H3,(H,18,19,20)/t7-,12-/m0/s1.